The molecule has 7 nitrogen and oxygen atoms in total. The van der Waals surface area contributed by atoms with Crippen LogP contribution in [0.1, 0.15) is 61.4 Å². The molecule has 2 fully saturated rings. The zero-order valence-electron chi connectivity index (χ0n) is 19.7. The number of hydrogen-bond donors (Lipinski definition) is 2. The number of nitrogens with zero attached hydrogens (tertiary/aromatic N) is 2. The number of hydrogen-bond acceptors (Lipinski definition) is 5. The van der Waals surface area contributed by atoms with Gasteiger partial charge < -0.3 is 19.1 Å². The molecule has 0 bridgehead atoms. The highest BCUT2D eigenvalue weighted by Gasteiger charge is 2.30. The van der Waals surface area contributed by atoms with Crippen LogP contribution in [-0.4, -0.2) is 40.8 Å². The second-order valence-corrected chi connectivity index (χ2v) is 9.66. The number of benzene rings is 2. The lowest BCUT2D eigenvalue weighted by atomic mass is 10.0. The number of rotatable bonds is 7. The fourth-order valence-corrected chi connectivity index (χ4v) is 5.08. The highest BCUT2D eigenvalue weighted by Crippen LogP contribution is 2.40. The van der Waals surface area contributed by atoms with Crippen LogP contribution in [0.4, 0.5) is 4.79 Å². The maximum atomic E-state index is 11.5. The Hall–Kier alpha value is -2.87. The van der Waals surface area contributed by atoms with Crippen molar-refractivity contribution in [1.82, 2.24) is 9.99 Å². The summed E-state index contributed by atoms with van der Waals surface area (Å²) in [5.74, 6) is 0.735. The molecule has 3 atom stereocenters. The Morgan fingerprint density at radius 3 is 2.80 bits per heavy atom. The van der Waals surface area contributed by atoms with Crippen LogP contribution in [0.2, 0.25) is 5.02 Å². The Kier molecular flexibility index (Phi) is 7.09. The van der Waals surface area contributed by atoms with E-state index in [-0.39, 0.29) is 6.61 Å². The second-order valence-electron chi connectivity index (χ2n) is 9.25. The molecule has 5 rings (SSSR count). The van der Waals surface area contributed by atoms with Crippen LogP contribution in [0.3, 0.4) is 0 Å². The number of carbonyl (C=O) groups is 1. The molecule has 2 aliphatic rings. The smallest absolute Gasteiger partial charge is 0.427 e. The Bertz CT molecular complexity index is 1220. The summed E-state index contributed by atoms with van der Waals surface area (Å²) in [6, 6.07) is 14.7. The molecule has 1 saturated heterocycles. The van der Waals surface area contributed by atoms with Crippen molar-refractivity contribution in [3.63, 3.8) is 0 Å². The van der Waals surface area contributed by atoms with Gasteiger partial charge in [-0.1, -0.05) is 41.9 Å². The molecule has 2 heterocycles. The predicted octanol–water partition coefficient (Wildman–Crippen LogP) is 5.53. The van der Waals surface area contributed by atoms with Gasteiger partial charge in [0.15, 0.2) is 0 Å². The highest BCUT2D eigenvalue weighted by molar-refractivity contribution is 6.35. The van der Waals surface area contributed by atoms with Crippen molar-refractivity contribution in [2.45, 2.75) is 63.4 Å². The molecule has 35 heavy (non-hydrogen) atoms. The summed E-state index contributed by atoms with van der Waals surface area (Å²) < 4.78 is 13.1. The van der Waals surface area contributed by atoms with Crippen molar-refractivity contribution in [2.75, 3.05) is 6.61 Å². The van der Waals surface area contributed by atoms with Gasteiger partial charge in [0.05, 0.1) is 35.6 Å². The number of hydrazone groups is 1. The Morgan fingerprint density at radius 1 is 1.26 bits per heavy atom. The average molecular weight is 496 g/mol. The maximum Gasteiger partial charge on any atom is 0.427 e. The Labute approximate surface area is 209 Å². The van der Waals surface area contributed by atoms with Gasteiger partial charge in [0, 0.05) is 24.4 Å². The first-order valence-corrected chi connectivity index (χ1v) is 12.6. The monoisotopic (exact) mass is 495 g/mol. The molecule has 1 aliphatic carbocycles. The number of fused-ring (bicyclic) bond motifs is 1. The molecule has 0 radical (unpaired) electrons. The maximum absolute atomic E-state index is 11.5. The summed E-state index contributed by atoms with van der Waals surface area (Å²) in [6.45, 7) is 1.98. The molecule has 1 amide bonds. The van der Waals surface area contributed by atoms with Crippen molar-refractivity contribution in [2.24, 2.45) is 5.10 Å². The van der Waals surface area contributed by atoms with Crippen molar-refractivity contribution in [3.8, 4) is 0 Å². The van der Waals surface area contributed by atoms with Gasteiger partial charge in [-0.25, -0.2) is 10.2 Å². The molecule has 1 saturated carbocycles. The number of amides is 1. The number of ether oxygens (including phenoxy) is 2. The second kappa shape index (κ2) is 10.4. The van der Waals surface area contributed by atoms with E-state index >= 15 is 0 Å². The number of halogens is 1. The minimum Gasteiger partial charge on any atom is -0.449 e. The van der Waals surface area contributed by atoms with Crippen LogP contribution in [0.25, 0.3) is 10.9 Å². The van der Waals surface area contributed by atoms with Crippen LogP contribution >= 0.6 is 11.6 Å². The van der Waals surface area contributed by atoms with E-state index < -0.39 is 24.5 Å². The lowest BCUT2D eigenvalue weighted by Crippen LogP contribution is -2.35. The molecule has 1 aromatic heterocycles. The van der Waals surface area contributed by atoms with Crippen LogP contribution in [0.15, 0.2) is 53.8 Å². The lowest BCUT2D eigenvalue weighted by Gasteiger charge is -2.32. The quantitative estimate of drug-likeness (QED) is 0.333. The first-order chi connectivity index (χ1) is 17.0. The van der Waals surface area contributed by atoms with E-state index in [1.54, 1.807) is 6.92 Å². The van der Waals surface area contributed by atoms with Crippen molar-refractivity contribution < 1.29 is 19.4 Å². The molecule has 3 aromatic rings. The van der Waals surface area contributed by atoms with E-state index in [1.165, 1.54) is 30.2 Å². The SMILES string of the molecule is CCOC(=O)NN=CC1CC(O)CC(n2cc(Cc3ccc(C4CC4)cc3)c3c(Cl)cccc32)O1. The molecule has 2 N–H and O–H groups in total. The van der Waals surface area contributed by atoms with Crippen molar-refractivity contribution in [1.29, 1.82) is 0 Å². The Balaban J connectivity index is 1.38. The molecule has 8 heteroatoms. The third-order valence-electron chi connectivity index (χ3n) is 6.60. The Morgan fingerprint density at radius 2 is 2.06 bits per heavy atom. The van der Waals surface area contributed by atoms with E-state index in [2.05, 4.69) is 45.6 Å². The molecular weight excluding hydrogens is 466 g/mol. The minimum absolute atomic E-state index is 0.262. The molecule has 3 unspecified atom stereocenters. The molecule has 184 valence electrons. The topological polar surface area (TPSA) is 85.1 Å². The zero-order valence-corrected chi connectivity index (χ0v) is 20.4. The summed E-state index contributed by atoms with van der Waals surface area (Å²) in [5, 5.41) is 16.2. The standard InChI is InChI=1S/C27H30ClN3O4/c1-2-34-27(33)30-29-15-22-13-21(32)14-25(35-22)31-16-20(26-23(28)4-3-5-24(26)31)12-17-6-8-18(9-7-17)19-10-11-19/h3-9,15-16,19,21-22,25,32H,2,10-14H2,1H3,(H,30,33). The number of aromatic nitrogens is 1. The molecule has 2 aromatic carbocycles. The van der Waals surface area contributed by atoms with E-state index in [0.29, 0.717) is 17.9 Å². The first kappa shape index (κ1) is 23.9. The normalized spacial score (nSPS) is 22.5. The van der Waals surface area contributed by atoms with Crippen LogP contribution in [0.5, 0.6) is 0 Å². The van der Waals surface area contributed by atoms with Crippen LogP contribution < -0.4 is 5.43 Å². The van der Waals surface area contributed by atoms with Crippen molar-refractivity contribution >= 4 is 34.8 Å². The third-order valence-corrected chi connectivity index (χ3v) is 6.92. The zero-order chi connectivity index (χ0) is 24.4. The minimum atomic E-state index is -0.627. The molecule has 0 spiro atoms. The van der Waals surface area contributed by atoms with Gasteiger partial charge in [0.25, 0.3) is 0 Å². The van der Waals surface area contributed by atoms with Gasteiger partial charge in [-0.3, -0.25) is 0 Å². The predicted molar refractivity (Wildman–Crippen MR) is 136 cm³/mol. The van der Waals surface area contributed by atoms with E-state index in [0.717, 1.165) is 28.8 Å². The van der Waals surface area contributed by atoms with Gasteiger partial charge in [-0.15, -0.1) is 0 Å². The van der Waals surface area contributed by atoms with Gasteiger partial charge in [0.1, 0.15) is 6.23 Å². The number of aliphatic hydroxyl groups is 1. The van der Waals surface area contributed by atoms with Gasteiger partial charge in [-0.05, 0) is 60.9 Å². The summed E-state index contributed by atoms with van der Waals surface area (Å²) in [5.41, 5.74) is 7.03. The summed E-state index contributed by atoms with van der Waals surface area (Å²) in [4.78, 5) is 11.5. The summed E-state index contributed by atoms with van der Waals surface area (Å²) >= 11 is 6.66. The first-order valence-electron chi connectivity index (χ1n) is 12.2. The van der Waals surface area contributed by atoms with Crippen LogP contribution in [-0.2, 0) is 15.9 Å². The number of aliphatic hydroxyl groups excluding tert-OH is 1. The fraction of sp³-hybridized carbons (Fsp3) is 0.407. The summed E-state index contributed by atoms with van der Waals surface area (Å²) in [6.07, 6.45) is 5.70. The lowest BCUT2D eigenvalue weighted by molar-refractivity contribution is -0.0997. The van der Waals surface area contributed by atoms with Gasteiger partial charge in [0.2, 0.25) is 0 Å². The van der Waals surface area contributed by atoms with E-state index in [1.807, 2.05) is 18.2 Å². The third kappa shape index (κ3) is 5.53. The van der Waals surface area contributed by atoms with E-state index in [9.17, 15) is 9.90 Å². The van der Waals surface area contributed by atoms with Crippen LogP contribution in [0, 0.1) is 0 Å². The molecule has 1 aliphatic heterocycles. The number of nitrogens with one attached hydrogen (secondary N) is 1. The van der Waals surface area contributed by atoms with Gasteiger partial charge in [-0.2, -0.15) is 5.10 Å². The summed E-state index contributed by atoms with van der Waals surface area (Å²) in [7, 11) is 0. The average Bonchev–Trinajstić information content (AvgIpc) is 3.61. The van der Waals surface area contributed by atoms with Gasteiger partial charge >= 0.3 is 6.09 Å². The largest absolute Gasteiger partial charge is 0.449 e. The van der Waals surface area contributed by atoms with Crippen molar-refractivity contribution in [3.05, 3.63) is 70.4 Å². The highest BCUT2D eigenvalue weighted by atomic mass is 35.5. The number of carbonyl (C=O) groups excluding carboxylic acids is 1. The van der Waals surface area contributed by atoms with E-state index in [4.69, 9.17) is 21.1 Å². The molecular formula is C27H30ClN3O4. The fourth-order valence-electron chi connectivity index (χ4n) is 4.79.